The molecule has 76 valence electrons. The van der Waals surface area contributed by atoms with Crippen molar-refractivity contribution in [2.75, 3.05) is 0 Å². The molecule has 0 radical (unpaired) electrons. The Morgan fingerprint density at radius 1 is 1.43 bits per heavy atom. The first-order valence-electron chi connectivity index (χ1n) is 5.10. The molecule has 0 fully saturated rings. The fourth-order valence-electron chi connectivity index (χ4n) is 1.72. The van der Waals surface area contributed by atoms with Crippen molar-refractivity contribution in [2.24, 2.45) is 0 Å². The van der Waals surface area contributed by atoms with E-state index in [9.17, 15) is 0 Å². The van der Waals surface area contributed by atoms with Gasteiger partial charge in [-0.1, -0.05) is 0 Å². The van der Waals surface area contributed by atoms with E-state index in [1.807, 2.05) is 19.1 Å². The Morgan fingerprint density at radius 2 is 2.21 bits per heavy atom. The highest BCUT2D eigenvalue weighted by molar-refractivity contribution is 5.20. The van der Waals surface area contributed by atoms with Crippen LogP contribution >= 0.6 is 0 Å². The molecule has 1 aromatic rings. The molecule has 0 bridgehead atoms. The maximum absolute atomic E-state index is 5.69. The van der Waals surface area contributed by atoms with Crippen molar-refractivity contribution >= 4 is 0 Å². The van der Waals surface area contributed by atoms with Gasteiger partial charge in [0.05, 0.1) is 12.0 Å². The van der Waals surface area contributed by atoms with Gasteiger partial charge in [-0.05, 0) is 39.0 Å². The minimum Gasteiger partial charge on any atom is -0.494 e. The average molecular weight is 192 g/mol. The first kappa shape index (κ1) is 9.38. The largest absolute Gasteiger partial charge is 0.494 e. The number of hydrogen-bond donors (Lipinski definition) is 0. The minimum atomic E-state index is 0.244. The van der Waals surface area contributed by atoms with Gasteiger partial charge in [0, 0.05) is 6.42 Å². The molecule has 0 aromatic carbocycles. The molecule has 0 saturated carbocycles. The second-order valence-electron chi connectivity index (χ2n) is 3.94. The van der Waals surface area contributed by atoms with Crippen molar-refractivity contribution in [2.45, 2.75) is 39.2 Å². The second kappa shape index (κ2) is 3.52. The average Bonchev–Trinajstić information content (AvgIpc) is 2.73. The fourth-order valence-corrected chi connectivity index (χ4v) is 1.72. The van der Waals surface area contributed by atoms with Crippen LogP contribution in [0.4, 0.5) is 0 Å². The monoisotopic (exact) mass is 192 g/mol. The summed E-state index contributed by atoms with van der Waals surface area (Å²) in [5, 5.41) is 0. The number of ether oxygens (including phenoxy) is 1. The lowest BCUT2D eigenvalue weighted by molar-refractivity contribution is 0.145. The molecule has 2 heteroatoms. The molecule has 2 heterocycles. The molecule has 0 amide bonds. The van der Waals surface area contributed by atoms with Crippen LogP contribution in [-0.2, 0) is 4.74 Å². The van der Waals surface area contributed by atoms with Crippen LogP contribution in [0.2, 0.25) is 0 Å². The van der Waals surface area contributed by atoms with Gasteiger partial charge in [0.1, 0.15) is 17.3 Å². The predicted octanol–water partition coefficient (Wildman–Crippen LogP) is 3.38. The van der Waals surface area contributed by atoms with Crippen LogP contribution in [0.1, 0.15) is 37.7 Å². The van der Waals surface area contributed by atoms with Crippen molar-refractivity contribution in [3.8, 4) is 0 Å². The number of rotatable bonds is 2. The van der Waals surface area contributed by atoms with Gasteiger partial charge >= 0.3 is 0 Å². The Labute approximate surface area is 84.6 Å². The zero-order chi connectivity index (χ0) is 10.1. The summed E-state index contributed by atoms with van der Waals surface area (Å²) in [7, 11) is 0. The van der Waals surface area contributed by atoms with Gasteiger partial charge in [-0.2, -0.15) is 0 Å². The van der Waals surface area contributed by atoms with E-state index in [2.05, 4.69) is 19.9 Å². The zero-order valence-electron chi connectivity index (χ0n) is 8.91. The minimum absolute atomic E-state index is 0.244. The topological polar surface area (TPSA) is 22.4 Å². The van der Waals surface area contributed by atoms with Crippen LogP contribution in [0.3, 0.4) is 0 Å². The predicted molar refractivity (Wildman–Crippen MR) is 55.1 cm³/mol. The zero-order valence-corrected chi connectivity index (χ0v) is 8.91. The van der Waals surface area contributed by atoms with Crippen LogP contribution in [0.5, 0.6) is 0 Å². The van der Waals surface area contributed by atoms with Crippen molar-refractivity contribution in [3.63, 3.8) is 0 Å². The van der Waals surface area contributed by atoms with Gasteiger partial charge in [-0.25, -0.2) is 0 Å². The smallest absolute Gasteiger partial charge is 0.114 e. The first-order valence-corrected chi connectivity index (χ1v) is 5.10. The molecule has 14 heavy (non-hydrogen) atoms. The summed E-state index contributed by atoms with van der Waals surface area (Å²) >= 11 is 0. The summed E-state index contributed by atoms with van der Waals surface area (Å²) in [6.45, 7) is 6.16. The third kappa shape index (κ3) is 1.69. The molecule has 1 aliphatic rings. The van der Waals surface area contributed by atoms with Gasteiger partial charge in [0.15, 0.2) is 0 Å². The Kier molecular flexibility index (Phi) is 2.36. The molecule has 0 spiro atoms. The summed E-state index contributed by atoms with van der Waals surface area (Å²) in [5.41, 5.74) is 0. The molecule has 0 aliphatic carbocycles. The van der Waals surface area contributed by atoms with E-state index < -0.39 is 0 Å². The van der Waals surface area contributed by atoms with Gasteiger partial charge in [-0.15, -0.1) is 0 Å². The lowest BCUT2D eigenvalue weighted by Gasteiger charge is -2.13. The third-order valence-electron chi connectivity index (χ3n) is 2.60. The Balaban J connectivity index is 2.12. The number of furan rings is 1. The number of hydrogen-bond acceptors (Lipinski definition) is 2. The van der Waals surface area contributed by atoms with Gasteiger partial charge in [0.25, 0.3) is 0 Å². The molecule has 1 aromatic heterocycles. The normalized spacial score (nSPS) is 23.1. The molecule has 0 saturated heterocycles. The molecule has 1 aliphatic heterocycles. The highest BCUT2D eigenvalue weighted by atomic mass is 16.5. The lowest BCUT2D eigenvalue weighted by Crippen LogP contribution is -2.03. The molecular weight excluding hydrogens is 176 g/mol. The Bertz CT molecular complexity index is 349. The molecule has 2 atom stereocenters. The van der Waals surface area contributed by atoms with Gasteiger partial charge in [-0.3, -0.25) is 0 Å². The quantitative estimate of drug-likeness (QED) is 0.716. The van der Waals surface area contributed by atoms with Crippen LogP contribution in [0.25, 0.3) is 0 Å². The van der Waals surface area contributed by atoms with Crippen LogP contribution in [0.15, 0.2) is 28.4 Å². The summed E-state index contributed by atoms with van der Waals surface area (Å²) in [6.07, 6.45) is 3.50. The molecule has 2 rings (SSSR count). The molecule has 2 unspecified atom stereocenters. The van der Waals surface area contributed by atoms with Crippen molar-refractivity contribution in [3.05, 3.63) is 35.5 Å². The van der Waals surface area contributed by atoms with E-state index >= 15 is 0 Å². The first-order chi connectivity index (χ1) is 6.66. The molecule has 0 N–H and O–H groups in total. The van der Waals surface area contributed by atoms with Crippen molar-refractivity contribution in [1.29, 1.82) is 0 Å². The van der Waals surface area contributed by atoms with E-state index in [4.69, 9.17) is 9.15 Å². The van der Waals surface area contributed by atoms with E-state index in [-0.39, 0.29) is 5.92 Å². The summed E-state index contributed by atoms with van der Waals surface area (Å²) in [4.78, 5) is 0. The maximum Gasteiger partial charge on any atom is 0.114 e. The summed E-state index contributed by atoms with van der Waals surface area (Å²) in [6, 6.07) is 4.01. The van der Waals surface area contributed by atoms with Crippen LogP contribution in [-0.4, -0.2) is 6.10 Å². The number of aryl methyl sites for hydroxylation is 1. The summed E-state index contributed by atoms with van der Waals surface area (Å²) in [5.74, 6) is 3.24. The fraction of sp³-hybridized carbons (Fsp3) is 0.500. The van der Waals surface area contributed by atoms with E-state index in [0.717, 1.165) is 23.7 Å². The third-order valence-corrected chi connectivity index (χ3v) is 2.60. The maximum atomic E-state index is 5.69. The molecule has 2 nitrogen and oxygen atoms in total. The van der Waals surface area contributed by atoms with Crippen molar-refractivity contribution in [1.82, 2.24) is 0 Å². The van der Waals surface area contributed by atoms with E-state index in [1.165, 1.54) is 0 Å². The number of allylic oxidation sites excluding steroid dienone is 1. The molecular formula is C12H16O2. The van der Waals surface area contributed by atoms with Gasteiger partial charge < -0.3 is 9.15 Å². The lowest BCUT2D eigenvalue weighted by atomic mass is 10.1. The Hall–Kier alpha value is -1.18. The summed E-state index contributed by atoms with van der Waals surface area (Å²) < 4.78 is 11.3. The SMILES string of the molecule is Cc1ccc(C(C)C2=CCC(C)O2)o1. The Morgan fingerprint density at radius 3 is 2.71 bits per heavy atom. The van der Waals surface area contributed by atoms with E-state index in [1.54, 1.807) is 0 Å². The van der Waals surface area contributed by atoms with E-state index in [0.29, 0.717) is 6.10 Å². The highest BCUT2D eigenvalue weighted by Gasteiger charge is 2.22. The van der Waals surface area contributed by atoms with Crippen LogP contribution in [0, 0.1) is 6.92 Å². The van der Waals surface area contributed by atoms with Gasteiger partial charge in [0.2, 0.25) is 0 Å². The standard InChI is InChI=1S/C12H16O2/c1-8-4-6-11(13-8)10(3)12-7-5-9(2)14-12/h4,6-7,9-10H,5H2,1-3H3. The van der Waals surface area contributed by atoms with Crippen LogP contribution < -0.4 is 0 Å². The second-order valence-corrected chi connectivity index (χ2v) is 3.94. The van der Waals surface area contributed by atoms with Crippen molar-refractivity contribution < 1.29 is 9.15 Å². The highest BCUT2D eigenvalue weighted by Crippen LogP contribution is 2.31.